The van der Waals surface area contributed by atoms with Crippen LogP contribution in [-0.4, -0.2) is 25.1 Å². The van der Waals surface area contributed by atoms with Crippen LogP contribution in [-0.2, 0) is 7.05 Å². The second-order valence-corrected chi connectivity index (χ2v) is 3.02. The van der Waals surface area contributed by atoms with E-state index < -0.39 is 10.7 Å². The van der Waals surface area contributed by atoms with E-state index >= 15 is 0 Å². The Balaban J connectivity index is 2.62. The SMILES string of the molecule is Cn1nnc(-c2cc(F)ccc2[N+](=O)[O-])n1. The average Bonchev–Trinajstić information content (AvgIpc) is 2.64. The molecule has 0 amide bonds. The lowest BCUT2D eigenvalue weighted by molar-refractivity contribution is -0.384. The Labute approximate surface area is 88.7 Å². The molecule has 0 bridgehead atoms. The zero-order valence-electron chi connectivity index (χ0n) is 8.16. The second-order valence-electron chi connectivity index (χ2n) is 3.02. The van der Waals surface area contributed by atoms with Crippen LogP contribution in [0.5, 0.6) is 0 Å². The fourth-order valence-electron chi connectivity index (χ4n) is 1.24. The molecule has 0 saturated heterocycles. The Morgan fingerprint density at radius 2 is 2.25 bits per heavy atom. The molecule has 0 aliphatic heterocycles. The van der Waals surface area contributed by atoms with Crippen molar-refractivity contribution in [2.75, 3.05) is 0 Å². The highest BCUT2D eigenvalue weighted by molar-refractivity contribution is 5.67. The number of hydrogen-bond donors (Lipinski definition) is 0. The van der Waals surface area contributed by atoms with Gasteiger partial charge in [-0.2, -0.15) is 4.80 Å². The van der Waals surface area contributed by atoms with Gasteiger partial charge in [-0.15, -0.1) is 10.2 Å². The molecule has 1 aromatic carbocycles. The Morgan fingerprint density at radius 1 is 1.50 bits per heavy atom. The highest BCUT2D eigenvalue weighted by Gasteiger charge is 2.19. The maximum Gasteiger partial charge on any atom is 0.280 e. The van der Waals surface area contributed by atoms with Crippen molar-refractivity contribution in [2.24, 2.45) is 7.05 Å². The van der Waals surface area contributed by atoms with Crippen molar-refractivity contribution < 1.29 is 9.31 Å². The van der Waals surface area contributed by atoms with Crippen LogP contribution in [0.3, 0.4) is 0 Å². The zero-order chi connectivity index (χ0) is 11.7. The molecule has 2 aromatic rings. The van der Waals surface area contributed by atoms with Crippen molar-refractivity contribution in [3.63, 3.8) is 0 Å². The molecule has 82 valence electrons. The number of benzene rings is 1. The summed E-state index contributed by atoms with van der Waals surface area (Å²) in [7, 11) is 1.52. The number of rotatable bonds is 2. The summed E-state index contributed by atoms with van der Waals surface area (Å²) in [5, 5.41) is 21.6. The molecular formula is C8H6FN5O2. The second kappa shape index (κ2) is 3.65. The maximum atomic E-state index is 13.0. The molecule has 1 aromatic heterocycles. The van der Waals surface area contributed by atoms with E-state index in [1.807, 2.05) is 0 Å². The van der Waals surface area contributed by atoms with Gasteiger partial charge < -0.3 is 0 Å². The summed E-state index contributed by atoms with van der Waals surface area (Å²) in [6, 6.07) is 3.09. The van der Waals surface area contributed by atoms with Crippen molar-refractivity contribution in [3.8, 4) is 11.4 Å². The first-order chi connectivity index (χ1) is 7.58. The van der Waals surface area contributed by atoms with E-state index in [2.05, 4.69) is 15.4 Å². The van der Waals surface area contributed by atoms with Crippen LogP contribution in [0.2, 0.25) is 0 Å². The Morgan fingerprint density at radius 3 is 2.81 bits per heavy atom. The summed E-state index contributed by atoms with van der Waals surface area (Å²) in [6.45, 7) is 0. The van der Waals surface area contributed by atoms with Gasteiger partial charge in [0.05, 0.1) is 12.0 Å². The molecule has 16 heavy (non-hydrogen) atoms. The lowest BCUT2D eigenvalue weighted by Crippen LogP contribution is -1.95. The number of nitro benzene ring substituents is 1. The third-order valence-corrected chi connectivity index (χ3v) is 1.90. The Bertz CT molecular complexity index is 553. The summed E-state index contributed by atoms with van der Waals surface area (Å²) in [4.78, 5) is 11.2. The van der Waals surface area contributed by atoms with Crippen LogP contribution in [0.25, 0.3) is 11.4 Å². The number of tetrazole rings is 1. The number of nitro groups is 1. The summed E-state index contributed by atoms with van der Waals surface area (Å²) < 4.78 is 13.0. The number of aromatic nitrogens is 4. The molecule has 8 heteroatoms. The molecule has 0 radical (unpaired) electrons. The molecule has 0 aliphatic rings. The van der Waals surface area contributed by atoms with Crippen LogP contribution in [0.1, 0.15) is 0 Å². The van der Waals surface area contributed by atoms with E-state index in [4.69, 9.17) is 0 Å². The molecule has 7 nitrogen and oxygen atoms in total. The average molecular weight is 223 g/mol. The molecule has 1 heterocycles. The van der Waals surface area contributed by atoms with Gasteiger partial charge in [0, 0.05) is 6.07 Å². The van der Waals surface area contributed by atoms with Crippen molar-refractivity contribution in [1.29, 1.82) is 0 Å². The maximum absolute atomic E-state index is 13.0. The van der Waals surface area contributed by atoms with Crippen LogP contribution in [0.15, 0.2) is 18.2 Å². The van der Waals surface area contributed by atoms with Gasteiger partial charge in [0.2, 0.25) is 5.82 Å². The lowest BCUT2D eigenvalue weighted by Gasteiger charge is -1.97. The van der Waals surface area contributed by atoms with E-state index in [0.29, 0.717) is 0 Å². The summed E-state index contributed by atoms with van der Waals surface area (Å²) in [5.74, 6) is -0.568. The highest BCUT2D eigenvalue weighted by atomic mass is 19.1. The van der Waals surface area contributed by atoms with E-state index in [1.54, 1.807) is 0 Å². The molecule has 0 unspecified atom stereocenters. The van der Waals surface area contributed by atoms with Gasteiger partial charge in [-0.25, -0.2) is 4.39 Å². The summed E-state index contributed by atoms with van der Waals surface area (Å²) in [6.07, 6.45) is 0. The first-order valence-electron chi connectivity index (χ1n) is 4.26. The van der Waals surface area contributed by atoms with Gasteiger partial charge in [0.25, 0.3) is 5.69 Å². The van der Waals surface area contributed by atoms with Crippen LogP contribution in [0.4, 0.5) is 10.1 Å². The third kappa shape index (κ3) is 1.72. The van der Waals surface area contributed by atoms with E-state index in [1.165, 1.54) is 7.05 Å². The predicted octanol–water partition coefficient (Wildman–Crippen LogP) is 0.924. The summed E-state index contributed by atoms with van der Waals surface area (Å²) in [5.41, 5.74) is -0.243. The molecule has 0 saturated carbocycles. The standard InChI is InChI=1S/C8H6FN5O2/c1-13-11-8(10-12-13)6-4-5(9)2-3-7(6)14(15)16/h2-4H,1H3. The molecule has 0 fully saturated rings. The molecule has 0 atom stereocenters. The van der Waals surface area contributed by atoms with Crippen molar-refractivity contribution in [1.82, 2.24) is 20.2 Å². The first-order valence-corrected chi connectivity index (χ1v) is 4.26. The molecule has 2 rings (SSSR count). The van der Waals surface area contributed by atoms with Gasteiger partial charge in [-0.1, -0.05) is 0 Å². The van der Waals surface area contributed by atoms with Gasteiger partial charge >= 0.3 is 0 Å². The van der Waals surface area contributed by atoms with E-state index in [0.717, 1.165) is 23.0 Å². The third-order valence-electron chi connectivity index (χ3n) is 1.90. The number of halogens is 1. The predicted molar refractivity (Wildman–Crippen MR) is 50.8 cm³/mol. The lowest BCUT2D eigenvalue weighted by atomic mass is 10.1. The van der Waals surface area contributed by atoms with Crippen LogP contribution < -0.4 is 0 Å². The largest absolute Gasteiger partial charge is 0.280 e. The van der Waals surface area contributed by atoms with Crippen molar-refractivity contribution in [2.45, 2.75) is 0 Å². The highest BCUT2D eigenvalue weighted by Crippen LogP contribution is 2.27. The first kappa shape index (κ1) is 10.1. The minimum atomic E-state index is -0.620. The van der Waals surface area contributed by atoms with Gasteiger partial charge in [-0.3, -0.25) is 10.1 Å². The normalized spacial score (nSPS) is 10.4. The minimum absolute atomic E-state index is 0.0121. The van der Waals surface area contributed by atoms with E-state index in [-0.39, 0.29) is 17.1 Å². The molecule has 0 spiro atoms. The van der Waals surface area contributed by atoms with Gasteiger partial charge in [0.15, 0.2) is 0 Å². The quantitative estimate of drug-likeness (QED) is 0.558. The molecular weight excluding hydrogens is 217 g/mol. The Kier molecular flexibility index (Phi) is 2.31. The number of nitrogens with zero attached hydrogens (tertiary/aromatic N) is 5. The van der Waals surface area contributed by atoms with Crippen LogP contribution in [0, 0.1) is 15.9 Å². The van der Waals surface area contributed by atoms with Gasteiger partial charge in [0.1, 0.15) is 11.4 Å². The zero-order valence-corrected chi connectivity index (χ0v) is 8.16. The minimum Gasteiger partial charge on any atom is -0.258 e. The monoisotopic (exact) mass is 223 g/mol. The fourth-order valence-corrected chi connectivity index (χ4v) is 1.24. The topological polar surface area (TPSA) is 86.7 Å². The summed E-state index contributed by atoms with van der Waals surface area (Å²) >= 11 is 0. The van der Waals surface area contributed by atoms with Crippen molar-refractivity contribution in [3.05, 3.63) is 34.1 Å². The smallest absolute Gasteiger partial charge is 0.258 e. The van der Waals surface area contributed by atoms with Gasteiger partial charge in [-0.05, 0) is 17.3 Å². The fraction of sp³-hybridized carbons (Fsp3) is 0.125. The number of hydrogen-bond acceptors (Lipinski definition) is 5. The van der Waals surface area contributed by atoms with Crippen LogP contribution >= 0.6 is 0 Å². The Hall–Kier alpha value is -2.38. The van der Waals surface area contributed by atoms with Crippen molar-refractivity contribution >= 4 is 5.69 Å². The molecule has 0 aliphatic carbocycles. The van der Waals surface area contributed by atoms with E-state index in [9.17, 15) is 14.5 Å². The molecule has 0 N–H and O–H groups in total. The number of aryl methyl sites for hydroxylation is 1.